The molecule has 144 valence electrons. The lowest BCUT2D eigenvalue weighted by atomic mass is 10.1. The predicted molar refractivity (Wildman–Crippen MR) is 94.0 cm³/mol. The van der Waals surface area contributed by atoms with Crippen LogP contribution in [-0.4, -0.2) is 27.5 Å². The van der Waals surface area contributed by atoms with Gasteiger partial charge in [0.25, 0.3) is 0 Å². The van der Waals surface area contributed by atoms with Crippen molar-refractivity contribution in [2.24, 2.45) is 0 Å². The van der Waals surface area contributed by atoms with E-state index in [-0.39, 0.29) is 36.9 Å². The highest BCUT2D eigenvalue weighted by molar-refractivity contribution is 5.79. The first kappa shape index (κ1) is 18.2. The first-order chi connectivity index (χ1) is 13.4. The maximum Gasteiger partial charge on any atom is 0.416 e. The van der Waals surface area contributed by atoms with E-state index in [1.165, 1.54) is 23.1 Å². The van der Waals surface area contributed by atoms with E-state index in [1.807, 2.05) is 30.3 Å². The molecule has 8 heteroatoms. The van der Waals surface area contributed by atoms with Crippen molar-refractivity contribution in [3.8, 4) is 11.4 Å². The van der Waals surface area contributed by atoms with Crippen molar-refractivity contribution in [1.82, 2.24) is 15.0 Å². The maximum atomic E-state index is 13.2. The van der Waals surface area contributed by atoms with Gasteiger partial charge in [-0.05, 0) is 11.6 Å². The van der Waals surface area contributed by atoms with Crippen molar-refractivity contribution >= 4 is 5.91 Å². The monoisotopic (exact) mass is 387 g/mol. The summed E-state index contributed by atoms with van der Waals surface area (Å²) in [7, 11) is 0. The minimum absolute atomic E-state index is 0.0690. The fourth-order valence-electron chi connectivity index (χ4n) is 3.34. The summed E-state index contributed by atoms with van der Waals surface area (Å²) in [5, 5.41) is 3.95. The molecule has 0 aliphatic carbocycles. The Bertz CT molecular complexity index is 986. The van der Waals surface area contributed by atoms with E-state index >= 15 is 0 Å². The Balaban J connectivity index is 1.51. The molecule has 1 unspecified atom stereocenters. The molecule has 1 amide bonds. The average Bonchev–Trinajstić information content (AvgIpc) is 3.30. The highest BCUT2D eigenvalue weighted by atomic mass is 19.4. The van der Waals surface area contributed by atoms with Crippen LogP contribution in [0.2, 0.25) is 0 Å². The molecular formula is C20H16F3N3O2. The zero-order chi connectivity index (χ0) is 19.7. The number of benzene rings is 2. The molecule has 1 atom stereocenters. The molecule has 1 aliphatic rings. The molecule has 1 fully saturated rings. The number of hydrogen-bond donors (Lipinski definition) is 0. The van der Waals surface area contributed by atoms with Crippen LogP contribution in [0.4, 0.5) is 13.2 Å². The molecule has 3 aromatic rings. The van der Waals surface area contributed by atoms with Gasteiger partial charge < -0.3 is 9.42 Å². The second-order valence-electron chi connectivity index (χ2n) is 6.65. The second kappa shape index (κ2) is 7.10. The molecule has 2 heterocycles. The third kappa shape index (κ3) is 3.62. The molecule has 28 heavy (non-hydrogen) atoms. The number of aromatic nitrogens is 2. The first-order valence-electron chi connectivity index (χ1n) is 8.73. The number of likely N-dealkylation sites (tertiary alicyclic amines) is 1. The topological polar surface area (TPSA) is 59.2 Å². The Morgan fingerprint density at radius 1 is 1.07 bits per heavy atom. The SMILES string of the molecule is O=C1CC(c2nc(-c3ccccc3)no2)CN1Cc1ccccc1C(F)(F)F. The van der Waals surface area contributed by atoms with Gasteiger partial charge in [-0.1, -0.05) is 53.7 Å². The van der Waals surface area contributed by atoms with Crippen molar-refractivity contribution in [1.29, 1.82) is 0 Å². The standard InChI is InChI=1S/C20H16F3N3O2/c21-20(22,23)16-9-5-4-8-14(16)11-26-12-15(10-17(26)27)19-24-18(25-28-19)13-6-2-1-3-7-13/h1-9,15H,10-12H2. The Hall–Kier alpha value is -3.16. The molecule has 0 bridgehead atoms. The number of nitrogens with zero attached hydrogens (tertiary/aromatic N) is 3. The van der Waals surface area contributed by atoms with Gasteiger partial charge in [-0.3, -0.25) is 4.79 Å². The Morgan fingerprint density at radius 3 is 2.54 bits per heavy atom. The van der Waals surface area contributed by atoms with E-state index in [1.54, 1.807) is 0 Å². The Kier molecular flexibility index (Phi) is 4.62. The van der Waals surface area contributed by atoms with Gasteiger partial charge in [-0.25, -0.2) is 0 Å². The van der Waals surface area contributed by atoms with Gasteiger partial charge in [0.05, 0.1) is 11.5 Å². The molecular weight excluding hydrogens is 371 g/mol. The second-order valence-corrected chi connectivity index (χ2v) is 6.65. The minimum Gasteiger partial charge on any atom is -0.339 e. The van der Waals surface area contributed by atoms with Crippen LogP contribution in [0, 0.1) is 0 Å². The van der Waals surface area contributed by atoms with Gasteiger partial charge >= 0.3 is 6.18 Å². The Morgan fingerprint density at radius 2 is 1.79 bits per heavy atom. The van der Waals surface area contributed by atoms with Gasteiger partial charge in [0.15, 0.2) is 0 Å². The van der Waals surface area contributed by atoms with Crippen LogP contribution >= 0.6 is 0 Å². The summed E-state index contributed by atoms with van der Waals surface area (Å²) in [4.78, 5) is 18.1. The quantitative estimate of drug-likeness (QED) is 0.671. The lowest BCUT2D eigenvalue weighted by molar-refractivity contribution is -0.139. The molecule has 0 spiro atoms. The van der Waals surface area contributed by atoms with Crippen LogP contribution in [0.5, 0.6) is 0 Å². The van der Waals surface area contributed by atoms with Gasteiger partial charge in [0.2, 0.25) is 17.6 Å². The third-order valence-corrected chi connectivity index (χ3v) is 4.72. The summed E-state index contributed by atoms with van der Waals surface area (Å²) in [5.41, 5.74) is 0.132. The van der Waals surface area contributed by atoms with Crippen molar-refractivity contribution in [2.75, 3.05) is 6.54 Å². The highest BCUT2D eigenvalue weighted by Crippen LogP contribution is 2.34. The Labute approximate surface area is 158 Å². The van der Waals surface area contributed by atoms with E-state index in [0.29, 0.717) is 11.7 Å². The number of amides is 1. The molecule has 2 aromatic carbocycles. The van der Waals surface area contributed by atoms with Crippen molar-refractivity contribution < 1.29 is 22.5 Å². The van der Waals surface area contributed by atoms with Crippen LogP contribution in [0.15, 0.2) is 59.1 Å². The van der Waals surface area contributed by atoms with Crippen LogP contribution in [0.1, 0.15) is 29.4 Å². The fourth-order valence-corrected chi connectivity index (χ4v) is 3.34. The molecule has 1 aromatic heterocycles. The number of hydrogen-bond acceptors (Lipinski definition) is 4. The highest BCUT2D eigenvalue weighted by Gasteiger charge is 2.37. The number of alkyl halides is 3. The molecule has 5 nitrogen and oxygen atoms in total. The van der Waals surface area contributed by atoms with E-state index in [9.17, 15) is 18.0 Å². The van der Waals surface area contributed by atoms with Crippen molar-refractivity contribution in [3.05, 3.63) is 71.6 Å². The van der Waals surface area contributed by atoms with Crippen LogP contribution in [0.25, 0.3) is 11.4 Å². The minimum atomic E-state index is -4.46. The molecule has 0 saturated carbocycles. The average molecular weight is 387 g/mol. The molecule has 0 radical (unpaired) electrons. The number of rotatable bonds is 4. The summed E-state index contributed by atoms with van der Waals surface area (Å²) in [5.74, 6) is 0.166. The number of halogens is 3. The van der Waals surface area contributed by atoms with Gasteiger partial charge in [0.1, 0.15) is 0 Å². The number of carbonyl (C=O) groups excluding carboxylic acids is 1. The summed E-state index contributed by atoms with van der Waals surface area (Å²) in [6.45, 7) is 0.131. The van der Waals surface area contributed by atoms with Crippen molar-refractivity contribution in [3.63, 3.8) is 0 Å². The zero-order valence-electron chi connectivity index (χ0n) is 14.7. The largest absolute Gasteiger partial charge is 0.416 e. The summed E-state index contributed by atoms with van der Waals surface area (Å²) in [6.07, 6.45) is -4.33. The molecule has 1 aliphatic heterocycles. The smallest absolute Gasteiger partial charge is 0.339 e. The summed E-state index contributed by atoms with van der Waals surface area (Å²) in [6, 6.07) is 14.5. The molecule has 1 saturated heterocycles. The first-order valence-corrected chi connectivity index (χ1v) is 8.73. The van der Waals surface area contributed by atoms with Gasteiger partial charge in [-0.15, -0.1) is 0 Å². The van der Waals surface area contributed by atoms with E-state index in [2.05, 4.69) is 10.1 Å². The zero-order valence-corrected chi connectivity index (χ0v) is 14.7. The summed E-state index contributed by atoms with van der Waals surface area (Å²) >= 11 is 0. The van der Waals surface area contributed by atoms with Crippen LogP contribution in [0.3, 0.4) is 0 Å². The fraction of sp³-hybridized carbons (Fsp3) is 0.250. The van der Waals surface area contributed by atoms with E-state index < -0.39 is 11.7 Å². The van der Waals surface area contributed by atoms with E-state index in [0.717, 1.165) is 11.6 Å². The van der Waals surface area contributed by atoms with Gasteiger partial charge in [-0.2, -0.15) is 18.2 Å². The van der Waals surface area contributed by atoms with Gasteiger partial charge in [0, 0.05) is 25.1 Å². The van der Waals surface area contributed by atoms with Crippen LogP contribution in [-0.2, 0) is 17.5 Å². The lowest BCUT2D eigenvalue weighted by Crippen LogP contribution is -2.26. The maximum absolute atomic E-state index is 13.2. The molecule has 0 N–H and O–H groups in total. The summed E-state index contributed by atoms with van der Waals surface area (Å²) < 4.78 is 44.9. The van der Waals surface area contributed by atoms with Crippen molar-refractivity contribution in [2.45, 2.75) is 25.1 Å². The molecule has 4 rings (SSSR count). The predicted octanol–water partition coefficient (Wildman–Crippen LogP) is 4.27. The number of carbonyl (C=O) groups is 1. The normalized spacial score (nSPS) is 17.3. The lowest BCUT2D eigenvalue weighted by Gasteiger charge is -2.19. The van der Waals surface area contributed by atoms with Crippen LogP contribution < -0.4 is 0 Å². The van der Waals surface area contributed by atoms with E-state index in [4.69, 9.17) is 4.52 Å². The third-order valence-electron chi connectivity index (χ3n) is 4.72.